The fourth-order valence-electron chi connectivity index (χ4n) is 1.91. The number of aryl methyl sites for hydroxylation is 1. The van der Waals surface area contributed by atoms with E-state index in [9.17, 15) is 0 Å². The summed E-state index contributed by atoms with van der Waals surface area (Å²) in [4.78, 5) is 0. The van der Waals surface area contributed by atoms with Crippen LogP contribution in [0.4, 0.5) is 0 Å². The van der Waals surface area contributed by atoms with Crippen LogP contribution in [0.25, 0.3) is 10.9 Å². The van der Waals surface area contributed by atoms with Crippen molar-refractivity contribution >= 4 is 10.9 Å². The van der Waals surface area contributed by atoms with Crippen LogP contribution in [0.5, 0.6) is 0 Å². The zero-order valence-electron chi connectivity index (χ0n) is 9.07. The van der Waals surface area contributed by atoms with Gasteiger partial charge in [0.05, 0.1) is 11.2 Å². The monoisotopic (exact) mass is 201 g/mol. The number of hydrogen-bond acceptors (Lipinski definition) is 3. The first-order valence-corrected chi connectivity index (χ1v) is 5.16. The van der Waals surface area contributed by atoms with E-state index in [2.05, 4.69) is 23.2 Å². The molecule has 1 aromatic heterocycles. The number of nitrogens with zero attached hydrogens (tertiary/aromatic N) is 2. The van der Waals surface area contributed by atoms with Gasteiger partial charge in [0.25, 0.3) is 0 Å². The van der Waals surface area contributed by atoms with E-state index in [1.165, 1.54) is 10.9 Å². The van der Waals surface area contributed by atoms with Crippen LogP contribution < -0.4 is 5.73 Å². The van der Waals surface area contributed by atoms with Gasteiger partial charge in [0, 0.05) is 5.39 Å². The van der Waals surface area contributed by atoms with Gasteiger partial charge in [-0.2, -0.15) is 10.2 Å². The van der Waals surface area contributed by atoms with Gasteiger partial charge in [0.15, 0.2) is 0 Å². The van der Waals surface area contributed by atoms with Crippen molar-refractivity contribution in [2.45, 2.75) is 19.8 Å². The van der Waals surface area contributed by atoms with Crippen molar-refractivity contribution in [2.24, 2.45) is 5.73 Å². The van der Waals surface area contributed by atoms with Gasteiger partial charge in [0.1, 0.15) is 0 Å². The molecule has 0 aliphatic rings. The molecule has 3 heteroatoms. The van der Waals surface area contributed by atoms with Gasteiger partial charge in [-0.1, -0.05) is 25.1 Å². The first kappa shape index (κ1) is 10.1. The molecule has 0 saturated heterocycles. The summed E-state index contributed by atoms with van der Waals surface area (Å²) in [6.45, 7) is 4.74. The molecule has 0 fully saturated rings. The van der Waals surface area contributed by atoms with Gasteiger partial charge in [-0.25, -0.2) is 0 Å². The molecule has 0 aliphatic heterocycles. The average molecular weight is 201 g/mol. The van der Waals surface area contributed by atoms with Crippen LogP contribution in [0.3, 0.4) is 0 Å². The van der Waals surface area contributed by atoms with Gasteiger partial charge in [-0.05, 0) is 31.0 Å². The van der Waals surface area contributed by atoms with Crippen LogP contribution >= 0.6 is 0 Å². The van der Waals surface area contributed by atoms with Gasteiger partial charge in [-0.3, -0.25) is 0 Å². The number of aromatic nitrogens is 2. The Hall–Kier alpha value is -1.48. The fourth-order valence-corrected chi connectivity index (χ4v) is 1.91. The predicted octanol–water partition coefficient (Wildman–Crippen LogP) is 2.00. The highest BCUT2D eigenvalue weighted by molar-refractivity contribution is 5.82. The lowest BCUT2D eigenvalue weighted by Gasteiger charge is -2.13. The highest BCUT2D eigenvalue weighted by Gasteiger charge is 2.12. The standard InChI is InChI=1S/C12H15N3/c1-8(7-13)12-9(2)14-15-11-6-4-3-5-10(11)12/h3-6,8H,7,13H2,1-2H3. The molecule has 2 N–H and O–H groups in total. The van der Waals surface area contributed by atoms with Crippen molar-refractivity contribution in [3.8, 4) is 0 Å². The van der Waals surface area contributed by atoms with Crippen molar-refractivity contribution in [3.05, 3.63) is 35.5 Å². The lowest BCUT2D eigenvalue weighted by molar-refractivity contribution is 0.761. The normalized spacial score (nSPS) is 13.0. The maximum atomic E-state index is 5.72. The maximum Gasteiger partial charge on any atom is 0.0932 e. The number of fused-ring (bicyclic) bond motifs is 1. The second-order valence-corrected chi connectivity index (χ2v) is 3.85. The first-order valence-electron chi connectivity index (χ1n) is 5.16. The fraction of sp³-hybridized carbons (Fsp3) is 0.333. The lowest BCUT2D eigenvalue weighted by Crippen LogP contribution is -2.12. The summed E-state index contributed by atoms with van der Waals surface area (Å²) in [7, 11) is 0. The zero-order valence-corrected chi connectivity index (χ0v) is 9.07. The number of rotatable bonds is 2. The Morgan fingerprint density at radius 1 is 1.27 bits per heavy atom. The minimum atomic E-state index is 0.324. The van der Waals surface area contributed by atoms with Crippen molar-refractivity contribution in [1.29, 1.82) is 0 Å². The number of nitrogens with two attached hydrogens (primary N) is 1. The van der Waals surface area contributed by atoms with Crippen LogP contribution in [0, 0.1) is 6.92 Å². The van der Waals surface area contributed by atoms with Crippen LogP contribution in [-0.2, 0) is 0 Å². The molecule has 3 nitrogen and oxygen atoms in total. The van der Waals surface area contributed by atoms with Crippen LogP contribution in [0.1, 0.15) is 24.1 Å². The Labute approximate surface area is 89.3 Å². The summed E-state index contributed by atoms with van der Waals surface area (Å²) in [5.74, 6) is 0.324. The Balaban J connectivity index is 2.74. The first-order chi connectivity index (χ1) is 7.24. The molecule has 1 unspecified atom stereocenters. The van der Waals surface area contributed by atoms with Gasteiger partial charge < -0.3 is 5.73 Å². The van der Waals surface area contributed by atoms with Crippen molar-refractivity contribution < 1.29 is 0 Å². The highest BCUT2D eigenvalue weighted by atomic mass is 15.1. The van der Waals surface area contributed by atoms with E-state index in [-0.39, 0.29) is 0 Å². The zero-order chi connectivity index (χ0) is 10.8. The van der Waals surface area contributed by atoms with Crippen LogP contribution in [0.15, 0.2) is 24.3 Å². The molecule has 1 heterocycles. The average Bonchev–Trinajstić information content (AvgIpc) is 2.28. The second kappa shape index (κ2) is 3.95. The van der Waals surface area contributed by atoms with Crippen LogP contribution in [-0.4, -0.2) is 16.7 Å². The minimum Gasteiger partial charge on any atom is -0.330 e. The summed E-state index contributed by atoms with van der Waals surface area (Å²) in [5, 5.41) is 9.51. The SMILES string of the molecule is Cc1nnc2ccccc2c1C(C)CN. The quantitative estimate of drug-likeness (QED) is 0.808. The molecule has 0 saturated carbocycles. The molecule has 0 aliphatic carbocycles. The lowest BCUT2D eigenvalue weighted by atomic mass is 9.96. The van der Waals surface area contributed by atoms with E-state index in [1.54, 1.807) is 0 Å². The molecule has 2 rings (SSSR count). The maximum absolute atomic E-state index is 5.72. The molecule has 78 valence electrons. The molecule has 0 bridgehead atoms. The minimum absolute atomic E-state index is 0.324. The molecule has 1 aromatic carbocycles. The van der Waals surface area contributed by atoms with E-state index in [1.807, 2.05) is 25.1 Å². The van der Waals surface area contributed by atoms with Crippen molar-refractivity contribution in [1.82, 2.24) is 10.2 Å². The Bertz CT molecular complexity index is 479. The molecule has 0 spiro atoms. The van der Waals surface area contributed by atoms with Gasteiger partial charge in [0.2, 0.25) is 0 Å². The smallest absolute Gasteiger partial charge is 0.0932 e. The number of hydrogen-bond donors (Lipinski definition) is 1. The second-order valence-electron chi connectivity index (χ2n) is 3.85. The molecular weight excluding hydrogens is 186 g/mol. The highest BCUT2D eigenvalue weighted by Crippen LogP contribution is 2.25. The summed E-state index contributed by atoms with van der Waals surface area (Å²) in [6.07, 6.45) is 0. The van der Waals surface area contributed by atoms with Gasteiger partial charge in [-0.15, -0.1) is 0 Å². The van der Waals surface area contributed by atoms with Crippen LogP contribution in [0.2, 0.25) is 0 Å². The Kier molecular flexibility index (Phi) is 2.64. The third-order valence-corrected chi connectivity index (χ3v) is 2.74. The topological polar surface area (TPSA) is 51.8 Å². The number of benzene rings is 1. The molecule has 15 heavy (non-hydrogen) atoms. The molecule has 2 aromatic rings. The van der Waals surface area contributed by atoms with E-state index in [0.29, 0.717) is 12.5 Å². The third kappa shape index (κ3) is 1.70. The van der Waals surface area contributed by atoms with Crippen molar-refractivity contribution in [2.75, 3.05) is 6.54 Å². The summed E-state index contributed by atoms with van der Waals surface area (Å²) < 4.78 is 0. The third-order valence-electron chi connectivity index (χ3n) is 2.74. The van der Waals surface area contributed by atoms with E-state index < -0.39 is 0 Å². The van der Waals surface area contributed by atoms with Crippen molar-refractivity contribution in [3.63, 3.8) is 0 Å². The van der Waals surface area contributed by atoms with Gasteiger partial charge >= 0.3 is 0 Å². The molecule has 0 radical (unpaired) electrons. The van der Waals surface area contributed by atoms with E-state index in [0.717, 1.165) is 11.2 Å². The van der Waals surface area contributed by atoms with E-state index >= 15 is 0 Å². The van der Waals surface area contributed by atoms with E-state index in [4.69, 9.17) is 5.73 Å². The largest absolute Gasteiger partial charge is 0.330 e. The summed E-state index contributed by atoms with van der Waals surface area (Å²) in [6, 6.07) is 8.06. The Morgan fingerprint density at radius 2 is 2.00 bits per heavy atom. The summed E-state index contributed by atoms with van der Waals surface area (Å²) >= 11 is 0. The molecule has 1 atom stereocenters. The predicted molar refractivity (Wildman–Crippen MR) is 61.7 cm³/mol. The molecular formula is C12H15N3. The Morgan fingerprint density at radius 3 is 2.73 bits per heavy atom. The summed E-state index contributed by atoms with van der Waals surface area (Å²) in [5.41, 5.74) is 8.86. The molecule has 0 amide bonds.